The first-order valence-electron chi connectivity index (χ1n) is 7.79. The molecule has 1 aromatic rings. The predicted octanol–water partition coefficient (Wildman–Crippen LogP) is 2.79. The van der Waals surface area contributed by atoms with Gasteiger partial charge in [0.25, 0.3) is 0 Å². The van der Waals surface area contributed by atoms with Crippen molar-refractivity contribution in [2.75, 3.05) is 46.4 Å². The van der Waals surface area contributed by atoms with Crippen molar-refractivity contribution in [2.24, 2.45) is 0 Å². The van der Waals surface area contributed by atoms with Crippen molar-refractivity contribution in [3.8, 4) is 5.75 Å². The molecule has 0 unspecified atom stereocenters. The largest absolute Gasteiger partial charge is 0.496 e. The van der Waals surface area contributed by atoms with Gasteiger partial charge in [0.2, 0.25) is 0 Å². The Labute approximate surface area is 138 Å². The molecule has 122 valence electrons. The lowest BCUT2D eigenvalue weighted by Gasteiger charge is -2.33. The second-order valence-corrected chi connectivity index (χ2v) is 6.22. The molecule has 0 spiro atoms. The van der Waals surface area contributed by atoms with Crippen molar-refractivity contribution < 1.29 is 9.53 Å². The number of carbonyl (C=O) groups is 1. The highest BCUT2D eigenvalue weighted by atomic mass is 35.5. The van der Waals surface area contributed by atoms with Gasteiger partial charge in [-0.25, -0.2) is 0 Å². The van der Waals surface area contributed by atoms with E-state index < -0.39 is 0 Å². The molecule has 0 amide bonds. The van der Waals surface area contributed by atoms with Crippen molar-refractivity contribution >= 4 is 17.4 Å². The molecular formula is C17H25ClN2O2. The maximum absolute atomic E-state index is 12.7. The first kappa shape index (κ1) is 17.3. The number of hydrogen-bond acceptors (Lipinski definition) is 4. The molecule has 1 heterocycles. The molecule has 0 bridgehead atoms. The maximum atomic E-state index is 12.7. The van der Waals surface area contributed by atoms with Gasteiger partial charge in [-0.2, -0.15) is 0 Å². The zero-order valence-electron chi connectivity index (χ0n) is 13.9. The average Bonchev–Trinajstić information content (AvgIpc) is 2.52. The number of ketones is 1. The Morgan fingerprint density at radius 1 is 1.23 bits per heavy atom. The van der Waals surface area contributed by atoms with E-state index in [0.29, 0.717) is 22.9 Å². The Balaban J connectivity index is 2.15. The first-order valence-corrected chi connectivity index (χ1v) is 8.17. The second kappa shape index (κ2) is 7.44. The molecule has 2 rings (SSSR count). The van der Waals surface area contributed by atoms with Gasteiger partial charge >= 0.3 is 0 Å². The number of rotatable bonds is 5. The molecule has 1 fully saturated rings. The van der Waals surface area contributed by atoms with Crippen molar-refractivity contribution in [1.29, 1.82) is 0 Å². The summed E-state index contributed by atoms with van der Waals surface area (Å²) in [5, 5.41) is 0.653. The number of piperazine rings is 1. The van der Waals surface area contributed by atoms with Crippen molar-refractivity contribution in [3.63, 3.8) is 0 Å². The lowest BCUT2D eigenvalue weighted by atomic mass is 10.00. The van der Waals surface area contributed by atoms with Crippen LogP contribution in [-0.4, -0.2) is 62.0 Å². The van der Waals surface area contributed by atoms with E-state index in [9.17, 15) is 4.79 Å². The van der Waals surface area contributed by atoms with E-state index in [0.717, 1.165) is 43.9 Å². The van der Waals surface area contributed by atoms with E-state index in [1.54, 1.807) is 7.11 Å². The number of aryl methyl sites for hydroxylation is 1. The molecule has 0 N–H and O–H groups in total. The predicted molar refractivity (Wildman–Crippen MR) is 90.4 cm³/mol. The number of Topliss-reactive ketones (excluding diaryl/α,β-unsaturated/α-hetero) is 1. The van der Waals surface area contributed by atoms with Crippen LogP contribution in [0.3, 0.4) is 0 Å². The minimum absolute atomic E-state index is 0.0844. The molecule has 1 aromatic carbocycles. The number of likely N-dealkylation sites (N-methyl/N-ethyl adjacent to an activating group) is 1. The molecule has 1 aliphatic rings. The molecule has 0 aromatic heterocycles. The van der Waals surface area contributed by atoms with E-state index in [1.165, 1.54) is 0 Å². The van der Waals surface area contributed by atoms with Gasteiger partial charge in [0.15, 0.2) is 5.78 Å². The van der Waals surface area contributed by atoms with Gasteiger partial charge in [-0.3, -0.25) is 9.69 Å². The normalized spacial score (nSPS) is 16.8. The zero-order valence-corrected chi connectivity index (χ0v) is 14.7. The second-order valence-electron chi connectivity index (χ2n) is 5.84. The molecule has 0 aliphatic carbocycles. The Bertz CT molecular complexity index is 552. The number of ether oxygens (including phenoxy) is 1. The molecule has 0 atom stereocenters. The fourth-order valence-corrected chi connectivity index (χ4v) is 3.12. The van der Waals surface area contributed by atoms with Crippen LogP contribution >= 0.6 is 11.6 Å². The van der Waals surface area contributed by atoms with Crippen LogP contribution in [0.25, 0.3) is 0 Å². The lowest BCUT2D eigenvalue weighted by Crippen LogP contribution is -2.47. The van der Waals surface area contributed by atoms with Crippen LogP contribution in [0.2, 0.25) is 5.02 Å². The number of hydrogen-bond donors (Lipinski definition) is 0. The number of nitrogens with zero attached hydrogens (tertiary/aromatic N) is 2. The molecule has 1 saturated heterocycles. The molecule has 22 heavy (non-hydrogen) atoms. The van der Waals surface area contributed by atoms with Gasteiger partial charge in [0.1, 0.15) is 5.75 Å². The summed E-state index contributed by atoms with van der Waals surface area (Å²) in [5.41, 5.74) is 2.37. The summed E-state index contributed by atoms with van der Waals surface area (Å²) in [5.74, 6) is 0.706. The van der Waals surface area contributed by atoms with Gasteiger partial charge in [-0.05, 0) is 37.6 Å². The Morgan fingerprint density at radius 3 is 2.36 bits per heavy atom. The van der Waals surface area contributed by atoms with Crippen LogP contribution in [0, 0.1) is 13.8 Å². The van der Waals surface area contributed by atoms with Gasteiger partial charge in [0.05, 0.1) is 19.2 Å². The van der Waals surface area contributed by atoms with Crippen LogP contribution in [-0.2, 0) is 0 Å². The minimum Gasteiger partial charge on any atom is -0.496 e. The molecule has 0 radical (unpaired) electrons. The summed E-state index contributed by atoms with van der Waals surface area (Å²) in [7, 11) is 1.60. The van der Waals surface area contributed by atoms with Gasteiger partial charge in [0, 0.05) is 31.2 Å². The van der Waals surface area contributed by atoms with E-state index >= 15 is 0 Å². The van der Waals surface area contributed by atoms with Crippen LogP contribution in [0.15, 0.2) is 6.07 Å². The monoisotopic (exact) mass is 324 g/mol. The Morgan fingerprint density at radius 2 is 1.82 bits per heavy atom. The fraction of sp³-hybridized carbons (Fsp3) is 0.588. The van der Waals surface area contributed by atoms with Crippen LogP contribution in [0.1, 0.15) is 28.4 Å². The smallest absolute Gasteiger partial charge is 0.180 e. The molecule has 1 aliphatic heterocycles. The highest BCUT2D eigenvalue weighted by Gasteiger charge is 2.23. The topological polar surface area (TPSA) is 32.8 Å². The number of benzene rings is 1. The highest BCUT2D eigenvalue weighted by Crippen LogP contribution is 2.32. The molecule has 5 heteroatoms. The Hall–Kier alpha value is -1.10. The summed E-state index contributed by atoms with van der Waals surface area (Å²) < 4.78 is 5.40. The third-order valence-corrected chi connectivity index (χ3v) is 5.00. The van der Waals surface area contributed by atoms with Gasteiger partial charge in [-0.1, -0.05) is 18.5 Å². The van der Waals surface area contributed by atoms with Crippen LogP contribution in [0.5, 0.6) is 5.75 Å². The molecular weight excluding hydrogens is 300 g/mol. The van der Waals surface area contributed by atoms with Gasteiger partial charge in [-0.15, -0.1) is 0 Å². The number of halogens is 1. The number of methoxy groups -OCH3 is 1. The Kier molecular flexibility index (Phi) is 5.84. The quantitative estimate of drug-likeness (QED) is 0.780. The summed E-state index contributed by atoms with van der Waals surface area (Å²) in [6.45, 7) is 11.4. The average molecular weight is 325 g/mol. The van der Waals surface area contributed by atoms with Crippen LogP contribution in [0.4, 0.5) is 0 Å². The number of carbonyl (C=O) groups excluding carboxylic acids is 1. The SMILES string of the molecule is CCN1CCN(CC(=O)c2c(OC)cc(C)c(Cl)c2C)CC1. The van der Waals surface area contributed by atoms with Crippen molar-refractivity contribution in [2.45, 2.75) is 20.8 Å². The lowest BCUT2D eigenvalue weighted by molar-refractivity contribution is 0.0856. The van der Waals surface area contributed by atoms with Crippen molar-refractivity contribution in [3.05, 3.63) is 27.8 Å². The third-order valence-electron chi connectivity index (χ3n) is 4.42. The van der Waals surface area contributed by atoms with E-state index in [2.05, 4.69) is 16.7 Å². The molecule has 4 nitrogen and oxygen atoms in total. The maximum Gasteiger partial charge on any atom is 0.180 e. The van der Waals surface area contributed by atoms with Crippen LogP contribution < -0.4 is 4.74 Å². The van der Waals surface area contributed by atoms with E-state index in [1.807, 2.05) is 19.9 Å². The summed E-state index contributed by atoms with van der Waals surface area (Å²) >= 11 is 6.31. The fourth-order valence-electron chi connectivity index (χ4n) is 2.98. The molecule has 0 saturated carbocycles. The summed E-state index contributed by atoms with van der Waals surface area (Å²) in [6, 6.07) is 1.84. The zero-order chi connectivity index (χ0) is 16.3. The minimum atomic E-state index is 0.0844. The standard InChI is InChI=1S/C17H25ClN2O2/c1-5-19-6-8-20(9-7-19)11-14(21)16-13(3)17(18)12(2)10-15(16)22-4/h10H,5-9,11H2,1-4H3. The summed E-state index contributed by atoms with van der Waals surface area (Å²) in [6.07, 6.45) is 0. The van der Waals surface area contributed by atoms with Crippen molar-refractivity contribution in [1.82, 2.24) is 9.80 Å². The first-order chi connectivity index (χ1) is 10.5. The summed E-state index contributed by atoms with van der Waals surface area (Å²) in [4.78, 5) is 17.3. The highest BCUT2D eigenvalue weighted by molar-refractivity contribution is 6.32. The third kappa shape index (κ3) is 3.62. The van der Waals surface area contributed by atoms with E-state index in [-0.39, 0.29) is 5.78 Å². The van der Waals surface area contributed by atoms with E-state index in [4.69, 9.17) is 16.3 Å². The van der Waals surface area contributed by atoms with Gasteiger partial charge < -0.3 is 9.64 Å².